The second-order valence-corrected chi connectivity index (χ2v) is 10.7. The van der Waals surface area contributed by atoms with Crippen molar-refractivity contribution in [2.75, 3.05) is 19.3 Å². The highest BCUT2D eigenvalue weighted by Gasteiger charge is 2.31. The number of rotatable bonds is 7. The van der Waals surface area contributed by atoms with Crippen LogP contribution in [0.5, 0.6) is 0 Å². The minimum atomic E-state index is -3.31. The van der Waals surface area contributed by atoms with Crippen LogP contribution in [0, 0.1) is 0 Å². The van der Waals surface area contributed by atoms with Crippen LogP contribution in [0.25, 0.3) is 0 Å². The Morgan fingerprint density at radius 3 is 2.34 bits per heavy atom. The summed E-state index contributed by atoms with van der Waals surface area (Å²) in [6.45, 7) is 2.30. The molecular formula is C22H34N6O3S. The molecule has 176 valence electrons. The van der Waals surface area contributed by atoms with Gasteiger partial charge in [0.15, 0.2) is 9.84 Å². The first-order valence-electron chi connectivity index (χ1n) is 11.1. The third-order valence-corrected chi connectivity index (χ3v) is 7.41. The molecule has 7 N–H and O–H groups in total. The van der Waals surface area contributed by atoms with Crippen molar-refractivity contribution in [3.63, 3.8) is 0 Å². The zero-order valence-electron chi connectivity index (χ0n) is 18.5. The van der Waals surface area contributed by atoms with Gasteiger partial charge in [-0.25, -0.2) is 13.4 Å². The number of amides is 1. The van der Waals surface area contributed by atoms with E-state index < -0.39 is 15.7 Å². The van der Waals surface area contributed by atoms with Crippen LogP contribution in [0.3, 0.4) is 0 Å². The summed E-state index contributed by atoms with van der Waals surface area (Å²) >= 11 is 0. The molecule has 1 aliphatic heterocycles. The van der Waals surface area contributed by atoms with Gasteiger partial charge in [0.25, 0.3) is 5.91 Å². The molecule has 1 aliphatic carbocycles. The predicted molar refractivity (Wildman–Crippen MR) is 126 cm³/mol. The first kappa shape index (κ1) is 24.2. The summed E-state index contributed by atoms with van der Waals surface area (Å²) in [6, 6.07) is 6.42. The van der Waals surface area contributed by atoms with Gasteiger partial charge >= 0.3 is 0 Å². The van der Waals surface area contributed by atoms with Crippen molar-refractivity contribution in [2.45, 2.75) is 61.5 Å². The highest BCUT2D eigenvalue weighted by Crippen LogP contribution is 2.25. The van der Waals surface area contributed by atoms with Crippen LogP contribution in [-0.4, -0.2) is 62.5 Å². The van der Waals surface area contributed by atoms with E-state index in [0.29, 0.717) is 11.7 Å². The Bertz CT molecular complexity index is 968. The average molecular weight is 463 g/mol. The van der Waals surface area contributed by atoms with E-state index in [1.807, 2.05) is 0 Å². The maximum absolute atomic E-state index is 12.0. The lowest BCUT2D eigenvalue weighted by Crippen LogP contribution is -2.53. The van der Waals surface area contributed by atoms with Crippen LogP contribution >= 0.6 is 0 Å². The number of hydrogen-bond acceptors (Lipinski definition) is 7. The first-order chi connectivity index (χ1) is 15.1. The molecule has 0 unspecified atom stereocenters. The van der Waals surface area contributed by atoms with Crippen molar-refractivity contribution in [3.05, 3.63) is 36.0 Å². The number of nitrogens with one attached hydrogen (secondary N) is 1. The largest absolute Gasteiger partial charge is 0.386 e. The Labute approximate surface area is 190 Å². The molecular weight excluding hydrogens is 428 g/mol. The number of piperidine rings is 1. The first-order valence-corrected chi connectivity index (χ1v) is 12.9. The van der Waals surface area contributed by atoms with E-state index in [0.717, 1.165) is 38.6 Å². The maximum Gasteiger partial charge on any atom is 0.253 e. The second-order valence-electron chi connectivity index (χ2n) is 8.69. The van der Waals surface area contributed by atoms with Crippen LogP contribution in [0.2, 0.25) is 0 Å². The Kier molecular flexibility index (Phi) is 7.91. The molecule has 2 aliphatic rings. The molecule has 1 amide bonds. The number of aliphatic imine (C=N–C) groups is 1. The fourth-order valence-corrected chi connectivity index (χ4v) is 5.06. The molecule has 1 saturated heterocycles. The van der Waals surface area contributed by atoms with Crippen molar-refractivity contribution >= 4 is 27.3 Å². The fourth-order valence-electron chi connectivity index (χ4n) is 4.43. The van der Waals surface area contributed by atoms with Gasteiger partial charge in [-0.1, -0.05) is 6.42 Å². The topological polar surface area (TPSA) is 157 Å². The highest BCUT2D eigenvalue weighted by atomic mass is 32.2. The van der Waals surface area contributed by atoms with E-state index in [4.69, 9.17) is 17.2 Å². The van der Waals surface area contributed by atoms with E-state index in [-0.39, 0.29) is 28.4 Å². The Morgan fingerprint density at radius 1 is 1.12 bits per heavy atom. The smallest absolute Gasteiger partial charge is 0.253 e. The lowest BCUT2D eigenvalue weighted by molar-refractivity contribution is -0.114. The maximum atomic E-state index is 12.0. The van der Waals surface area contributed by atoms with Crippen LogP contribution in [0.4, 0.5) is 5.69 Å². The molecule has 1 heterocycles. The van der Waals surface area contributed by atoms with E-state index in [1.54, 1.807) is 0 Å². The normalized spacial score (nSPS) is 26.0. The SMILES string of the molecule is CS(=O)(=O)c1ccc(N=C(N)/C(=C\N[C@H]2CC[C@H](N3CCCCC3)C[C@@H]2N)C(N)=O)cc1. The van der Waals surface area contributed by atoms with Gasteiger partial charge < -0.3 is 27.4 Å². The van der Waals surface area contributed by atoms with Crippen LogP contribution in [0.15, 0.2) is 45.9 Å². The zero-order valence-corrected chi connectivity index (χ0v) is 19.4. The molecule has 0 spiro atoms. The number of nitrogens with zero attached hydrogens (tertiary/aromatic N) is 2. The Balaban J connectivity index is 1.65. The van der Waals surface area contributed by atoms with Gasteiger partial charge in [0.2, 0.25) is 0 Å². The van der Waals surface area contributed by atoms with E-state index in [2.05, 4.69) is 15.2 Å². The number of amidine groups is 1. The summed E-state index contributed by atoms with van der Waals surface area (Å²) in [5.41, 5.74) is 18.5. The fraction of sp³-hybridized carbons (Fsp3) is 0.545. The minimum absolute atomic E-state index is 0.0206. The Morgan fingerprint density at radius 2 is 1.78 bits per heavy atom. The molecule has 0 bridgehead atoms. The lowest BCUT2D eigenvalue weighted by atomic mass is 9.85. The summed E-state index contributed by atoms with van der Waals surface area (Å²) in [5.74, 6) is -0.755. The molecule has 3 rings (SSSR count). The standard InChI is InChI=1S/C22H34N6O3S/c1-32(30,31)17-8-5-15(6-9-17)27-21(24)18(22(25)29)14-26-20-10-7-16(13-19(20)23)28-11-3-2-4-12-28/h5-6,8-9,14,16,19-20,26H,2-4,7,10-13,23H2,1H3,(H2,24,27)(H2,25,29)/b18-14+/t16-,19-,20-/m0/s1. The van der Waals surface area contributed by atoms with Crippen LogP contribution < -0.4 is 22.5 Å². The highest BCUT2D eigenvalue weighted by molar-refractivity contribution is 7.90. The molecule has 1 aromatic rings. The van der Waals surface area contributed by atoms with E-state index in [1.165, 1.54) is 49.7 Å². The third-order valence-electron chi connectivity index (χ3n) is 6.28. The Hall–Kier alpha value is -2.43. The molecule has 10 heteroatoms. The number of likely N-dealkylation sites (tertiary alicyclic amines) is 1. The van der Waals surface area contributed by atoms with Gasteiger partial charge in [0.1, 0.15) is 5.84 Å². The second kappa shape index (κ2) is 10.5. The van der Waals surface area contributed by atoms with Gasteiger partial charge in [0.05, 0.1) is 16.2 Å². The molecule has 2 fully saturated rings. The van der Waals surface area contributed by atoms with Crippen molar-refractivity contribution in [2.24, 2.45) is 22.2 Å². The van der Waals surface area contributed by atoms with Crippen molar-refractivity contribution < 1.29 is 13.2 Å². The summed E-state index contributed by atoms with van der Waals surface area (Å²) in [7, 11) is -3.31. The van der Waals surface area contributed by atoms with E-state index >= 15 is 0 Å². The lowest BCUT2D eigenvalue weighted by Gasteiger charge is -2.41. The average Bonchev–Trinajstić information content (AvgIpc) is 2.75. The van der Waals surface area contributed by atoms with Gasteiger partial charge in [-0.3, -0.25) is 4.79 Å². The molecule has 1 aromatic carbocycles. The van der Waals surface area contributed by atoms with Crippen LogP contribution in [-0.2, 0) is 14.6 Å². The summed E-state index contributed by atoms with van der Waals surface area (Å²) in [5, 5.41) is 3.23. The van der Waals surface area contributed by atoms with Crippen molar-refractivity contribution in [1.82, 2.24) is 10.2 Å². The van der Waals surface area contributed by atoms with Crippen molar-refractivity contribution in [1.29, 1.82) is 0 Å². The number of nitrogens with two attached hydrogens (primary N) is 3. The summed E-state index contributed by atoms with van der Waals surface area (Å²) < 4.78 is 23.2. The van der Waals surface area contributed by atoms with Gasteiger partial charge in [-0.2, -0.15) is 0 Å². The molecule has 1 saturated carbocycles. The molecule has 0 aromatic heterocycles. The number of carbonyl (C=O) groups excluding carboxylic acids is 1. The minimum Gasteiger partial charge on any atom is -0.386 e. The third kappa shape index (κ3) is 6.30. The van der Waals surface area contributed by atoms with Gasteiger partial charge in [0, 0.05) is 30.6 Å². The van der Waals surface area contributed by atoms with Crippen molar-refractivity contribution in [3.8, 4) is 0 Å². The van der Waals surface area contributed by atoms with Gasteiger partial charge in [-0.05, 0) is 69.5 Å². The number of hydrogen-bond donors (Lipinski definition) is 4. The monoisotopic (exact) mass is 462 g/mol. The van der Waals surface area contributed by atoms with Crippen LogP contribution in [0.1, 0.15) is 38.5 Å². The quantitative estimate of drug-likeness (QED) is 0.265. The molecule has 32 heavy (non-hydrogen) atoms. The van der Waals surface area contributed by atoms with E-state index in [9.17, 15) is 13.2 Å². The number of sulfone groups is 1. The molecule has 0 radical (unpaired) electrons. The number of carbonyl (C=O) groups is 1. The van der Waals surface area contributed by atoms with Gasteiger partial charge in [-0.15, -0.1) is 0 Å². The summed E-state index contributed by atoms with van der Waals surface area (Å²) in [6.07, 6.45) is 9.32. The molecule has 9 nitrogen and oxygen atoms in total. The molecule has 3 atom stereocenters. The number of primary amides is 1. The summed E-state index contributed by atoms with van der Waals surface area (Å²) in [4.78, 5) is 18.9. The zero-order chi connectivity index (χ0) is 23.3. The predicted octanol–water partition coefficient (Wildman–Crippen LogP) is 0.772. The number of benzene rings is 1.